The largest absolute Gasteiger partial charge is 0.347 e. The fourth-order valence-corrected chi connectivity index (χ4v) is 3.48. The molecule has 8 heteroatoms. The van der Waals surface area contributed by atoms with Gasteiger partial charge in [-0.3, -0.25) is 9.59 Å². The van der Waals surface area contributed by atoms with Gasteiger partial charge in [-0.1, -0.05) is 47.6 Å². The van der Waals surface area contributed by atoms with E-state index in [1.165, 1.54) is 17.0 Å². The van der Waals surface area contributed by atoms with Gasteiger partial charge in [0.1, 0.15) is 11.9 Å². The minimum Gasteiger partial charge on any atom is -0.347 e. The Morgan fingerprint density at radius 1 is 1.06 bits per heavy atom. The van der Waals surface area contributed by atoms with Gasteiger partial charge in [0.25, 0.3) is 11.6 Å². The summed E-state index contributed by atoms with van der Waals surface area (Å²) in [7, 11) is 3.24. The standard InChI is InChI=1S/C24H21FN4O3/c1-14-20-17(13-19(26-23(20)32-28-14)16-11-7-8-12-18(16)25)22(30)27-21(24(31)29(2)3)15-9-5-4-6-10-15/h4-13,21H,1-3H3,(H,27,30). The van der Waals surface area contributed by atoms with Gasteiger partial charge in [-0.2, -0.15) is 0 Å². The maximum absolute atomic E-state index is 14.4. The van der Waals surface area contributed by atoms with Crippen molar-refractivity contribution in [3.05, 3.63) is 83.3 Å². The monoisotopic (exact) mass is 432 g/mol. The number of fused-ring (bicyclic) bond motifs is 1. The van der Waals surface area contributed by atoms with Gasteiger partial charge < -0.3 is 14.7 Å². The molecule has 0 aliphatic rings. The molecule has 1 atom stereocenters. The van der Waals surface area contributed by atoms with Crippen molar-refractivity contribution in [1.29, 1.82) is 0 Å². The molecule has 0 bridgehead atoms. The molecule has 0 saturated heterocycles. The third-order valence-electron chi connectivity index (χ3n) is 5.11. The van der Waals surface area contributed by atoms with Crippen LogP contribution in [-0.2, 0) is 4.79 Å². The SMILES string of the molecule is Cc1noc2nc(-c3ccccc3F)cc(C(=O)NC(C(=O)N(C)C)c3ccccc3)c12. The third kappa shape index (κ3) is 3.94. The minimum absolute atomic E-state index is 0.114. The Kier molecular flexibility index (Phi) is 5.68. The quantitative estimate of drug-likeness (QED) is 0.517. The first kappa shape index (κ1) is 21.2. The molecular formula is C24H21FN4O3. The molecule has 0 fully saturated rings. The van der Waals surface area contributed by atoms with Crippen LogP contribution in [0.2, 0.25) is 0 Å². The number of carbonyl (C=O) groups is 2. The first-order valence-corrected chi connectivity index (χ1v) is 9.95. The maximum atomic E-state index is 14.4. The lowest BCUT2D eigenvalue weighted by molar-refractivity contribution is -0.130. The van der Waals surface area contributed by atoms with E-state index in [1.54, 1.807) is 63.5 Å². The molecule has 1 N–H and O–H groups in total. The number of hydrogen-bond acceptors (Lipinski definition) is 5. The summed E-state index contributed by atoms with van der Waals surface area (Å²) in [6, 6.07) is 15.7. The number of aromatic nitrogens is 2. The minimum atomic E-state index is -0.904. The van der Waals surface area contributed by atoms with Crippen molar-refractivity contribution in [2.75, 3.05) is 14.1 Å². The van der Waals surface area contributed by atoms with E-state index in [9.17, 15) is 14.0 Å². The second-order valence-corrected chi connectivity index (χ2v) is 7.53. The van der Waals surface area contributed by atoms with Crippen LogP contribution in [0, 0.1) is 12.7 Å². The lowest BCUT2D eigenvalue weighted by Gasteiger charge is -2.22. The smallest absolute Gasteiger partial charge is 0.259 e. The number of likely N-dealkylation sites (N-methyl/N-ethyl adjacent to an activating group) is 1. The molecule has 4 aromatic rings. The van der Waals surface area contributed by atoms with E-state index in [4.69, 9.17) is 4.52 Å². The van der Waals surface area contributed by atoms with Gasteiger partial charge in [-0.25, -0.2) is 9.37 Å². The highest BCUT2D eigenvalue weighted by Gasteiger charge is 2.27. The van der Waals surface area contributed by atoms with Crippen molar-refractivity contribution < 1.29 is 18.5 Å². The highest BCUT2D eigenvalue weighted by Crippen LogP contribution is 2.29. The average molecular weight is 432 g/mol. The average Bonchev–Trinajstić information content (AvgIpc) is 3.17. The summed E-state index contributed by atoms with van der Waals surface area (Å²) in [5.74, 6) is -1.29. The van der Waals surface area contributed by atoms with E-state index in [0.717, 1.165) is 0 Å². The van der Waals surface area contributed by atoms with Crippen LogP contribution < -0.4 is 5.32 Å². The van der Waals surface area contributed by atoms with E-state index in [2.05, 4.69) is 15.5 Å². The summed E-state index contributed by atoms with van der Waals surface area (Å²) >= 11 is 0. The number of hydrogen-bond donors (Lipinski definition) is 1. The molecule has 0 spiro atoms. The van der Waals surface area contributed by atoms with E-state index < -0.39 is 17.8 Å². The van der Waals surface area contributed by atoms with Crippen molar-refractivity contribution in [1.82, 2.24) is 20.4 Å². The normalized spacial score (nSPS) is 11.9. The Hall–Kier alpha value is -4.07. The van der Waals surface area contributed by atoms with Crippen LogP contribution in [0.3, 0.4) is 0 Å². The molecule has 4 rings (SSSR count). The molecule has 0 aliphatic heterocycles. The number of halogens is 1. The summed E-state index contributed by atoms with van der Waals surface area (Å²) in [4.78, 5) is 32.0. The molecule has 162 valence electrons. The fourth-order valence-electron chi connectivity index (χ4n) is 3.48. The Balaban J connectivity index is 1.81. The molecule has 0 radical (unpaired) electrons. The summed E-state index contributed by atoms with van der Waals surface area (Å²) < 4.78 is 19.7. The second-order valence-electron chi connectivity index (χ2n) is 7.53. The molecule has 2 amide bonds. The number of amides is 2. The molecular weight excluding hydrogens is 411 g/mol. The zero-order valence-corrected chi connectivity index (χ0v) is 17.8. The molecule has 7 nitrogen and oxygen atoms in total. The summed E-state index contributed by atoms with van der Waals surface area (Å²) in [5.41, 5.74) is 1.87. The number of rotatable bonds is 5. The fraction of sp³-hybridized carbons (Fsp3) is 0.167. The first-order chi connectivity index (χ1) is 15.4. The van der Waals surface area contributed by atoms with Gasteiger partial charge in [-0.15, -0.1) is 0 Å². The Labute approximate surface area is 183 Å². The predicted molar refractivity (Wildman–Crippen MR) is 117 cm³/mol. The highest BCUT2D eigenvalue weighted by atomic mass is 19.1. The third-order valence-corrected chi connectivity index (χ3v) is 5.11. The number of carbonyl (C=O) groups excluding carboxylic acids is 2. The predicted octanol–water partition coefficient (Wildman–Crippen LogP) is 3.90. The van der Waals surface area contributed by atoms with Crippen LogP contribution in [0.25, 0.3) is 22.4 Å². The number of pyridine rings is 1. The van der Waals surface area contributed by atoms with Gasteiger partial charge in [0.15, 0.2) is 0 Å². The topological polar surface area (TPSA) is 88.3 Å². The molecule has 2 heterocycles. The van der Waals surface area contributed by atoms with E-state index >= 15 is 0 Å². The molecule has 0 aliphatic carbocycles. The number of nitrogens with one attached hydrogen (secondary N) is 1. The molecule has 2 aromatic carbocycles. The van der Waals surface area contributed by atoms with Gasteiger partial charge in [0.2, 0.25) is 5.91 Å². The van der Waals surface area contributed by atoms with E-state index in [-0.39, 0.29) is 28.4 Å². The van der Waals surface area contributed by atoms with Crippen LogP contribution >= 0.6 is 0 Å². The Bertz CT molecular complexity index is 1300. The van der Waals surface area contributed by atoms with Crippen LogP contribution in [0.4, 0.5) is 4.39 Å². The lowest BCUT2D eigenvalue weighted by atomic mass is 10.0. The van der Waals surface area contributed by atoms with Crippen molar-refractivity contribution in [3.8, 4) is 11.3 Å². The van der Waals surface area contributed by atoms with Gasteiger partial charge >= 0.3 is 0 Å². The zero-order chi connectivity index (χ0) is 22.8. The molecule has 1 unspecified atom stereocenters. The van der Waals surface area contributed by atoms with Gasteiger partial charge in [-0.05, 0) is 30.7 Å². The summed E-state index contributed by atoms with van der Waals surface area (Å²) in [6.07, 6.45) is 0. The van der Waals surface area contributed by atoms with E-state index in [0.29, 0.717) is 16.6 Å². The van der Waals surface area contributed by atoms with Crippen LogP contribution in [0.1, 0.15) is 27.7 Å². The van der Waals surface area contributed by atoms with Crippen LogP contribution in [0.5, 0.6) is 0 Å². The van der Waals surface area contributed by atoms with Crippen molar-refractivity contribution >= 4 is 22.9 Å². The van der Waals surface area contributed by atoms with Crippen LogP contribution in [0.15, 0.2) is 65.2 Å². The number of nitrogens with zero attached hydrogens (tertiary/aromatic N) is 3. The molecule has 32 heavy (non-hydrogen) atoms. The molecule has 2 aromatic heterocycles. The number of benzene rings is 2. The van der Waals surface area contributed by atoms with E-state index in [1.807, 2.05) is 6.07 Å². The van der Waals surface area contributed by atoms with Crippen molar-refractivity contribution in [3.63, 3.8) is 0 Å². The Morgan fingerprint density at radius 2 is 1.75 bits per heavy atom. The summed E-state index contributed by atoms with van der Waals surface area (Å²) in [6.45, 7) is 1.69. The highest BCUT2D eigenvalue weighted by molar-refractivity contribution is 6.08. The maximum Gasteiger partial charge on any atom is 0.259 e. The van der Waals surface area contributed by atoms with Gasteiger partial charge in [0, 0.05) is 19.7 Å². The molecule has 0 saturated carbocycles. The van der Waals surface area contributed by atoms with Crippen LogP contribution in [-0.4, -0.2) is 41.0 Å². The zero-order valence-electron chi connectivity index (χ0n) is 17.8. The number of aryl methyl sites for hydroxylation is 1. The first-order valence-electron chi connectivity index (χ1n) is 9.95. The summed E-state index contributed by atoms with van der Waals surface area (Å²) in [5, 5.41) is 7.13. The lowest BCUT2D eigenvalue weighted by Crippen LogP contribution is -2.40. The van der Waals surface area contributed by atoms with Crippen molar-refractivity contribution in [2.24, 2.45) is 0 Å². The Morgan fingerprint density at radius 3 is 2.44 bits per heavy atom. The van der Waals surface area contributed by atoms with Gasteiger partial charge in [0.05, 0.1) is 22.3 Å². The second kappa shape index (κ2) is 8.58. The van der Waals surface area contributed by atoms with Crippen molar-refractivity contribution in [2.45, 2.75) is 13.0 Å².